The maximum atomic E-state index is 12.1. The van der Waals surface area contributed by atoms with Gasteiger partial charge in [-0.2, -0.15) is 11.3 Å². The second-order valence-corrected chi connectivity index (χ2v) is 7.01. The number of nitrogens with zero attached hydrogens (tertiary/aromatic N) is 1. The molecule has 2 rings (SSSR count). The van der Waals surface area contributed by atoms with E-state index in [4.69, 9.17) is 5.73 Å². The van der Waals surface area contributed by atoms with E-state index >= 15 is 0 Å². The molecule has 2 aromatic rings. The first-order valence-corrected chi connectivity index (χ1v) is 8.71. The normalized spacial score (nSPS) is 10.5. The molecule has 106 valence electrons. The molecule has 0 atom stereocenters. The third-order valence-electron chi connectivity index (χ3n) is 2.73. The zero-order valence-electron chi connectivity index (χ0n) is 11.0. The summed E-state index contributed by atoms with van der Waals surface area (Å²) in [5.41, 5.74) is 7.58. The van der Waals surface area contributed by atoms with Crippen LogP contribution in [0.5, 0.6) is 0 Å². The highest BCUT2D eigenvalue weighted by Gasteiger charge is 2.11. The van der Waals surface area contributed by atoms with Crippen LogP contribution in [-0.4, -0.2) is 23.6 Å². The molecule has 1 heterocycles. The largest absolute Gasteiger partial charge is 0.399 e. The van der Waals surface area contributed by atoms with Crippen molar-refractivity contribution in [1.29, 1.82) is 0 Å². The summed E-state index contributed by atoms with van der Waals surface area (Å²) in [7, 11) is 1.83. The van der Waals surface area contributed by atoms with Crippen molar-refractivity contribution in [3.8, 4) is 0 Å². The molecule has 1 aromatic carbocycles. The number of nitrogen functional groups attached to an aromatic ring is 1. The first kappa shape index (κ1) is 15.4. The second-order valence-electron chi connectivity index (χ2n) is 4.36. The molecule has 0 bridgehead atoms. The van der Waals surface area contributed by atoms with Gasteiger partial charge in [-0.3, -0.25) is 4.79 Å². The van der Waals surface area contributed by atoms with Gasteiger partial charge in [0, 0.05) is 28.6 Å². The Morgan fingerprint density at radius 2 is 2.25 bits per heavy atom. The molecule has 0 saturated heterocycles. The Hall–Kier alpha value is -0.980. The number of anilines is 1. The summed E-state index contributed by atoms with van der Waals surface area (Å²) in [5.74, 6) is 0.535. The third-order valence-corrected chi connectivity index (χ3v) is 5.44. The molecule has 1 aromatic heterocycles. The fourth-order valence-corrected chi connectivity index (χ4v) is 3.89. The van der Waals surface area contributed by atoms with Crippen molar-refractivity contribution in [2.24, 2.45) is 0 Å². The Balaban J connectivity index is 1.88. The molecule has 0 aliphatic rings. The summed E-state index contributed by atoms with van der Waals surface area (Å²) in [5, 5.41) is 4.08. The highest BCUT2D eigenvalue weighted by molar-refractivity contribution is 9.10. The lowest BCUT2D eigenvalue weighted by atomic mass is 10.3. The molecule has 0 aliphatic carbocycles. The van der Waals surface area contributed by atoms with Crippen molar-refractivity contribution in [3.63, 3.8) is 0 Å². The van der Waals surface area contributed by atoms with E-state index in [0.29, 0.717) is 18.0 Å². The molecule has 1 amide bonds. The average Bonchev–Trinajstić information content (AvgIpc) is 2.90. The molecule has 0 unspecified atom stereocenters. The van der Waals surface area contributed by atoms with Crippen LogP contribution in [0.4, 0.5) is 5.69 Å². The molecule has 0 saturated carbocycles. The highest BCUT2D eigenvalue weighted by atomic mass is 79.9. The van der Waals surface area contributed by atoms with E-state index in [1.807, 2.05) is 36.7 Å². The number of rotatable bonds is 5. The lowest BCUT2D eigenvalue weighted by Gasteiger charge is -2.16. The summed E-state index contributed by atoms with van der Waals surface area (Å²) in [4.78, 5) is 14.9. The number of benzene rings is 1. The number of hydrogen-bond donors (Lipinski definition) is 1. The summed E-state index contributed by atoms with van der Waals surface area (Å²) in [6.07, 6.45) is 0. The number of amides is 1. The molecule has 0 spiro atoms. The zero-order chi connectivity index (χ0) is 14.5. The number of thiophene rings is 1. The Kier molecular flexibility index (Phi) is 5.51. The lowest BCUT2D eigenvalue weighted by Crippen LogP contribution is -2.27. The van der Waals surface area contributed by atoms with Gasteiger partial charge in [-0.25, -0.2) is 0 Å². The van der Waals surface area contributed by atoms with Crippen LogP contribution in [-0.2, 0) is 11.3 Å². The van der Waals surface area contributed by atoms with Crippen molar-refractivity contribution < 1.29 is 4.79 Å². The van der Waals surface area contributed by atoms with Crippen LogP contribution in [0.15, 0.2) is 44.4 Å². The molecule has 20 heavy (non-hydrogen) atoms. The Morgan fingerprint density at radius 1 is 1.45 bits per heavy atom. The van der Waals surface area contributed by atoms with Crippen LogP contribution < -0.4 is 5.73 Å². The first-order valence-electron chi connectivity index (χ1n) is 5.99. The summed E-state index contributed by atoms with van der Waals surface area (Å²) < 4.78 is 0.927. The number of carbonyl (C=O) groups is 1. The van der Waals surface area contributed by atoms with Gasteiger partial charge < -0.3 is 10.6 Å². The van der Waals surface area contributed by atoms with Gasteiger partial charge in [-0.1, -0.05) is 0 Å². The summed E-state index contributed by atoms with van der Waals surface area (Å²) >= 11 is 6.62. The van der Waals surface area contributed by atoms with Crippen LogP contribution in [0.3, 0.4) is 0 Å². The van der Waals surface area contributed by atoms with E-state index < -0.39 is 0 Å². The SMILES string of the molecule is CN(Cc1ccsc1)C(=O)CSc1ccc(N)cc1Br. The van der Waals surface area contributed by atoms with Gasteiger partial charge in [0.05, 0.1) is 5.75 Å². The van der Waals surface area contributed by atoms with E-state index in [-0.39, 0.29) is 5.91 Å². The van der Waals surface area contributed by atoms with Crippen LogP contribution in [0.2, 0.25) is 0 Å². The highest BCUT2D eigenvalue weighted by Crippen LogP contribution is 2.29. The Labute approximate surface area is 135 Å². The van der Waals surface area contributed by atoms with Crippen molar-refractivity contribution in [1.82, 2.24) is 4.90 Å². The van der Waals surface area contributed by atoms with Crippen molar-refractivity contribution in [3.05, 3.63) is 45.1 Å². The maximum Gasteiger partial charge on any atom is 0.232 e. The van der Waals surface area contributed by atoms with Gasteiger partial charge in [0.15, 0.2) is 0 Å². The van der Waals surface area contributed by atoms with Gasteiger partial charge in [-0.05, 0) is 56.5 Å². The third kappa shape index (κ3) is 4.26. The van der Waals surface area contributed by atoms with Gasteiger partial charge in [0.2, 0.25) is 5.91 Å². The quantitative estimate of drug-likeness (QED) is 0.642. The van der Waals surface area contributed by atoms with Crippen molar-refractivity contribution >= 4 is 50.6 Å². The van der Waals surface area contributed by atoms with Gasteiger partial charge in [-0.15, -0.1) is 11.8 Å². The van der Waals surface area contributed by atoms with Gasteiger partial charge in [0.1, 0.15) is 0 Å². The van der Waals surface area contributed by atoms with Crippen LogP contribution in [0.1, 0.15) is 5.56 Å². The van der Waals surface area contributed by atoms with Crippen LogP contribution >= 0.6 is 39.0 Å². The fraction of sp³-hybridized carbons (Fsp3) is 0.214. The van der Waals surface area contributed by atoms with E-state index in [2.05, 4.69) is 21.3 Å². The molecule has 6 heteroatoms. The van der Waals surface area contributed by atoms with E-state index in [1.165, 1.54) is 17.3 Å². The molecular formula is C14H15BrN2OS2. The van der Waals surface area contributed by atoms with Crippen molar-refractivity contribution in [2.45, 2.75) is 11.4 Å². The van der Waals surface area contributed by atoms with Crippen LogP contribution in [0.25, 0.3) is 0 Å². The van der Waals surface area contributed by atoms with E-state index in [1.54, 1.807) is 16.2 Å². The fourth-order valence-electron chi connectivity index (χ4n) is 1.63. The number of hydrogen-bond acceptors (Lipinski definition) is 4. The number of nitrogens with two attached hydrogens (primary N) is 1. The standard InChI is InChI=1S/C14H15BrN2OS2/c1-17(7-10-4-5-19-8-10)14(18)9-20-13-3-2-11(16)6-12(13)15/h2-6,8H,7,9,16H2,1H3. The van der Waals surface area contributed by atoms with Crippen molar-refractivity contribution in [2.75, 3.05) is 18.5 Å². The molecule has 0 fully saturated rings. The molecular weight excluding hydrogens is 356 g/mol. The summed E-state index contributed by atoms with van der Waals surface area (Å²) in [6.45, 7) is 0.659. The van der Waals surface area contributed by atoms with Gasteiger partial charge >= 0.3 is 0 Å². The summed E-state index contributed by atoms with van der Waals surface area (Å²) in [6, 6.07) is 7.66. The van der Waals surface area contributed by atoms with Gasteiger partial charge in [0.25, 0.3) is 0 Å². The Bertz CT molecular complexity index is 587. The molecule has 0 radical (unpaired) electrons. The minimum Gasteiger partial charge on any atom is -0.399 e. The van der Waals surface area contributed by atoms with E-state index in [0.717, 1.165) is 9.37 Å². The molecule has 2 N–H and O–H groups in total. The average molecular weight is 371 g/mol. The predicted molar refractivity (Wildman–Crippen MR) is 90.1 cm³/mol. The first-order chi connectivity index (χ1) is 9.56. The Morgan fingerprint density at radius 3 is 2.90 bits per heavy atom. The number of halogens is 1. The smallest absolute Gasteiger partial charge is 0.232 e. The van der Waals surface area contributed by atoms with Crippen LogP contribution in [0, 0.1) is 0 Å². The topological polar surface area (TPSA) is 46.3 Å². The predicted octanol–water partition coefficient (Wildman–Crippen LogP) is 3.84. The zero-order valence-corrected chi connectivity index (χ0v) is 14.2. The number of thioether (sulfide) groups is 1. The molecule has 3 nitrogen and oxygen atoms in total. The second kappa shape index (κ2) is 7.15. The molecule has 0 aliphatic heterocycles. The number of carbonyl (C=O) groups excluding carboxylic acids is 1. The van der Waals surface area contributed by atoms with E-state index in [9.17, 15) is 4.79 Å². The maximum absolute atomic E-state index is 12.1. The lowest BCUT2D eigenvalue weighted by molar-refractivity contribution is -0.127. The monoisotopic (exact) mass is 370 g/mol. The minimum absolute atomic E-state index is 0.116. The minimum atomic E-state index is 0.116.